The van der Waals surface area contributed by atoms with Gasteiger partial charge in [0.1, 0.15) is 17.6 Å². The number of hydrogen-bond acceptors (Lipinski definition) is 3. The third-order valence-electron chi connectivity index (χ3n) is 2.76. The summed E-state index contributed by atoms with van der Waals surface area (Å²) in [5, 5.41) is 13.1. The quantitative estimate of drug-likeness (QED) is 0.750. The van der Waals surface area contributed by atoms with Crippen LogP contribution in [-0.2, 0) is 18.0 Å². The van der Waals surface area contributed by atoms with Crippen LogP contribution in [0.2, 0.25) is 0 Å². The Hall–Kier alpha value is -2.19. The molecule has 1 aliphatic rings. The maximum Gasteiger partial charge on any atom is 0.168 e. The van der Waals surface area contributed by atoms with Crippen LogP contribution in [0, 0.1) is 17.1 Å². The van der Waals surface area contributed by atoms with Crippen molar-refractivity contribution in [3.8, 4) is 11.8 Å². The van der Waals surface area contributed by atoms with Gasteiger partial charge in [0.25, 0.3) is 0 Å². The van der Waals surface area contributed by atoms with Crippen LogP contribution in [0.3, 0.4) is 0 Å². The van der Waals surface area contributed by atoms with Gasteiger partial charge in [-0.3, -0.25) is 0 Å². The van der Waals surface area contributed by atoms with Crippen LogP contribution in [0.25, 0.3) is 5.69 Å². The van der Waals surface area contributed by atoms with Gasteiger partial charge in [0, 0.05) is 5.56 Å². The molecular weight excluding hydrogens is 221 g/mol. The molecule has 0 amide bonds. The predicted molar refractivity (Wildman–Crippen MR) is 56.7 cm³/mol. The predicted octanol–water partition coefficient (Wildman–Crippen LogP) is 1.91. The highest BCUT2D eigenvalue weighted by Gasteiger charge is 2.24. The number of aromatic nitrogens is 2. The molecule has 2 heterocycles. The van der Waals surface area contributed by atoms with Crippen molar-refractivity contribution in [1.82, 2.24) is 9.78 Å². The molecule has 2 aromatic rings. The zero-order valence-electron chi connectivity index (χ0n) is 8.85. The first-order chi connectivity index (χ1) is 8.31. The van der Waals surface area contributed by atoms with Crippen LogP contribution in [0.4, 0.5) is 4.39 Å². The fourth-order valence-corrected chi connectivity index (χ4v) is 1.95. The number of fused-ring (bicyclic) bond motifs is 1. The average molecular weight is 229 g/mol. The van der Waals surface area contributed by atoms with Gasteiger partial charge in [-0.15, -0.1) is 0 Å². The molecule has 0 atom stereocenters. The smallest absolute Gasteiger partial charge is 0.168 e. The van der Waals surface area contributed by atoms with E-state index in [1.807, 2.05) is 6.07 Å². The number of halogens is 1. The standard InChI is InChI=1S/C12H8FN3O/c13-9-3-1-2-4-11(9)16-12-7-17-6-8(12)10(5-14)15-16/h1-4H,6-7H2. The third kappa shape index (κ3) is 1.42. The summed E-state index contributed by atoms with van der Waals surface area (Å²) in [4.78, 5) is 0. The number of benzene rings is 1. The number of hydrogen-bond donors (Lipinski definition) is 0. The molecule has 0 aliphatic carbocycles. The minimum absolute atomic E-state index is 0.306. The van der Waals surface area contributed by atoms with E-state index in [0.717, 1.165) is 11.3 Å². The SMILES string of the molecule is N#Cc1nn(-c2ccccc2F)c2c1COC2. The van der Waals surface area contributed by atoms with Crippen molar-refractivity contribution < 1.29 is 9.13 Å². The molecule has 4 nitrogen and oxygen atoms in total. The van der Waals surface area contributed by atoms with E-state index in [0.29, 0.717) is 24.6 Å². The van der Waals surface area contributed by atoms with Gasteiger partial charge < -0.3 is 4.74 Å². The third-order valence-corrected chi connectivity index (χ3v) is 2.76. The summed E-state index contributed by atoms with van der Waals surface area (Å²) in [5.41, 5.74) is 2.17. The van der Waals surface area contributed by atoms with E-state index in [-0.39, 0.29) is 5.82 Å². The Labute approximate surface area is 96.9 Å². The van der Waals surface area contributed by atoms with Crippen molar-refractivity contribution in [3.05, 3.63) is 47.0 Å². The highest BCUT2D eigenvalue weighted by molar-refractivity contribution is 5.43. The van der Waals surface area contributed by atoms with Gasteiger partial charge in [0.2, 0.25) is 0 Å². The number of para-hydroxylation sites is 1. The first-order valence-electron chi connectivity index (χ1n) is 5.15. The normalized spacial score (nSPS) is 13.4. The van der Waals surface area contributed by atoms with E-state index in [4.69, 9.17) is 10.00 Å². The van der Waals surface area contributed by atoms with Crippen molar-refractivity contribution in [3.63, 3.8) is 0 Å². The molecular formula is C12H8FN3O. The Kier molecular flexibility index (Phi) is 2.16. The molecule has 0 saturated heterocycles. The van der Waals surface area contributed by atoms with E-state index < -0.39 is 0 Å². The molecule has 0 N–H and O–H groups in total. The summed E-state index contributed by atoms with van der Waals surface area (Å²) in [7, 11) is 0. The lowest BCUT2D eigenvalue weighted by Gasteiger charge is -2.05. The summed E-state index contributed by atoms with van der Waals surface area (Å²) >= 11 is 0. The second kappa shape index (κ2) is 3.68. The Morgan fingerprint density at radius 3 is 2.94 bits per heavy atom. The van der Waals surface area contributed by atoms with E-state index >= 15 is 0 Å². The molecule has 84 valence electrons. The minimum atomic E-state index is -0.366. The monoisotopic (exact) mass is 229 g/mol. The van der Waals surface area contributed by atoms with Crippen molar-refractivity contribution >= 4 is 0 Å². The summed E-state index contributed by atoms with van der Waals surface area (Å²) < 4.78 is 20.4. The number of nitriles is 1. The molecule has 0 unspecified atom stereocenters. The zero-order chi connectivity index (χ0) is 11.8. The van der Waals surface area contributed by atoms with E-state index in [9.17, 15) is 4.39 Å². The Balaban J connectivity index is 2.24. The first-order valence-corrected chi connectivity index (χ1v) is 5.15. The van der Waals surface area contributed by atoms with Crippen molar-refractivity contribution in [2.75, 3.05) is 0 Å². The van der Waals surface area contributed by atoms with Gasteiger partial charge in [-0.1, -0.05) is 12.1 Å². The van der Waals surface area contributed by atoms with Crippen LogP contribution in [0.5, 0.6) is 0 Å². The molecule has 1 aromatic heterocycles. The second-order valence-electron chi connectivity index (χ2n) is 3.74. The Morgan fingerprint density at radius 2 is 2.18 bits per heavy atom. The maximum absolute atomic E-state index is 13.7. The van der Waals surface area contributed by atoms with Crippen molar-refractivity contribution in [1.29, 1.82) is 5.26 Å². The van der Waals surface area contributed by atoms with Gasteiger partial charge in [-0.2, -0.15) is 10.4 Å². The summed E-state index contributed by atoms with van der Waals surface area (Å²) in [6.07, 6.45) is 0. The maximum atomic E-state index is 13.7. The molecule has 17 heavy (non-hydrogen) atoms. The highest BCUT2D eigenvalue weighted by Crippen LogP contribution is 2.26. The van der Waals surface area contributed by atoms with Gasteiger partial charge in [-0.25, -0.2) is 9.07 Å². The number of ether oxygens (including phenoxy) is 1. The number of rotatable bonds is 1. The van der Waals surface area contributed by atoms with E-state index in [1.54, 1.807) is 18.2 Å². The minimum Gasteiger partial charge on any atom is -0.370 e. The van der Waals surface area contributed by atoms with Gasteiger partial charge in [0.05, 0.1) is 18.9 Å². The molecule has 0 radical (unpaired) electrons. The topological polar surface area (TPSA) is 50.8 Å². The van der Waals surface area contributed by atoms with Crippen molar-refractivity contribution in [2.24, 2.45) is 0 Å². The van der Waals surface area contributed by atoms with Crippen LogP contribution < -0.4 is 0 Å². The summed E-state index contributed by atoms with van der Waals surface area (Å²) in [6.45, 7) is 0.727. The molecule has 1 aliphatic heterocycles. The molecule has 0 spiro atoms. The average Bonchev–Trinajstić information content (AvgIpc) is 2.91. The van der Waals surface area contributed by atoms with Gasteiger partial charge in [-0.05, 0) is 12.1 Å². The van der Waals surface area contributed by atoms with Crippen LogP contribution >= 0.6 is 0 Å². The molecule has 3 rings (SSSR count). The first kappa shape index (κ1) is 10.00. The van der Waals surface area contributed by atoms with Crippen LogP contribution in [0.1, 0.15) is 17.0 Å². The molecule has 0 saturated carbocycles. The summed E-state index contributed by atoms with van der Waals surface area (Å²) in [5.74, 6) is -0.366. The van der Waals surface area contributed by atoms with Crippen LogP contribution in [0.15, 0.2) is 24.3 Å². The summed E-state index contributed by atoms with van der Waals surface area (Å²) in [6, 6.07) is 8.34. The zero-order valence-corrected chi connectivity index (χ0v) is 8.85. The van der Waals surface area contributed by atoms with Crippen molar-refractivity contribution in [2.45, 2.75) is 13.2 Å². The molecule has 0 bridgehead atoms. The Morgan fingerprint density at radius 1 is 1.35 bits per heavy atom. The second-order valence-corrected chi connectivity index (χ2v) is 3.74. The van der Waals surface area contributed by atoms with Gasteiger partial charge in [0.15, 0.2) is 5.69 Å². The fourth-order valence-electron chi connectivity index (χ4n) is 1.95. The molecule has 0 fully saturated rings. The van der Waals surface area contributed by atoms with Crippen LogP contribution in [-0.4, -0.2) is 9.78 Å². The van der Waals surface area contributed by atoms with Gasteiger partial charge >= 0.3 is 0 Å². The largest absolute Gasteiger partial charge is 0.370 e. The highest BCUT2D eigenvalue weighted by atomic mass is 19.1. The molecule has 1 aromatic carbocycles. The van der Waals surface area contributed by atoms with E-state index in [1.165, 1.54) is 10.7 Å². The lowest BCUT2D eigenvalue weighted by molar-refractivity contribution is 0.130. The number of nitrogens with zero attached hydrogens (tertiary/aromatic N) is 3. The molecule has 5 heteroatoms. The lowest BCUT2D eigenvalue weighted by Crippen LogP contribution is -2.04. The van der Waals surface area contributed by atoms with E-state index in [2.05, 4.69) is 5.10 Å². The fraction of sp³-hybridized carbons (Fsp3) is 0.167. The Bertz CT molecular complexity index is 627. The lowest BCUT2D eigenvalue weighted by atomic mass is 10.2.